The highest BCUT2D eigenvalue weighted by molar-refractivity contribution is 6.30. The van der Waals surface area contributed by atoms with Crippen molar-refractivity contribution in [3.63, 3.8) is 0 Å². The number of ether oxygens (including phenoxy) is 1. The minimum atomic E-state index is -1.05. The molecule has 0 bridgehead atoms. The minimum absolute atomic E-state index is 0.186. The van der Waals surface area contributed by atoms with Gasteiger partial charge in [-0.2, -0.15) is 0 Å². The number of aliphatic carboxylic acids is 1. The molecular weight excluding hydrogens is 239 g/mol. The van der Waals surface area contributed by atoms with E-state index in [0.717, 1.165) is 0 Å². The summed E-state index contributed by atoms with van der Waals surface area (Å²) in [5, 5.41) is 9.41. The van der Waals surface area contributed by atoms with Crippen LogP contribution in [0.5, 0.6) is 0 Å². The minimum Gasteiger partial charge on any atom is -0.479 e. The Kier molecular flexibility index (Phi) is 4.88. The maximum atomic E-state index is 10.9. The van der Waals surface area contributed by atoms with Crippen molar-refractivity contribution in [3.8, 4) is 0 Å². The molecule has 1 rings (SSSR count). The molecule has 3 nitrogen and oxygen atoms in total. The highest BCUT2D eigenvalue weighted by atomic mass is 35.5. The predicted molar refractivity (Wildman–Crippen MR) is 58.5 cm³/mol. The van der Waals surface area contributed by atoms with Gasteiger partial charge in [0.1, 0.15) is 0 Å². The van der Waals surface area contributed by atoms with Gasteiger partial charge in [-0.3, -0.25) is 0 Å². The summed E-state index contributed by atoms with van der Waals surface area (Å²) >= 11 is 11.2. The van der Waals surface area contributed by atoms with E-state index < -0.39 is 12.1 Å². The lowest BCUT2D eigenvalue weighted by Crippen LogP contribution is -2.16. The molecule has 15 heavy (non-hydrogen) atoms. The molecule has 0 heterocycles. The monoisotopic (exact) mass is 248 g/mol. The molecule has 0 amide bonds. The van der Waals surface area contributed by atoms with E-state index in [2.05, 4.69) is 0 Å². The maximum Gasteiger partial charge on any atom is 0.337 e. The van der Waals surface area contributed by atoms with Crippen molar-refractivity contribution >= 4 is 29.2 Å². The van der Waals surface area contributed by atoms with Gasteiger partial charge >= 0.3 is 5.97 Å². The third-order valence-electron chi connectivity index (χ3n) is 1.74. The van der Waals surface area contributed by atoms with Crippen LogP contribution in [0.1, 0.15) is 11.7 Å². The molecule has 1 aromatic carbocycles. The van der Waals surface area contributed by atoms with Gasteiger partial charge in [0, 0.05) is 10.9 Å². The van der Waals surface area contributed by atoms with Crippen molar-refractivity contribution in [3.05, 3.63) is 34.9 Å². The molecule has 82 valence electrons. The quantitative estimate of drug-likeness (QED) is 0.816. The van der Waals surface area contributed by atoms with Gasteiger partial charge in [0.05, 0.1) is 6.61 Å². The molecular formula is C10H10Cl2O3. The Hall–Kier alpha value is -0.770. The van der Waals surface area contributed by atoms with Gasteiger partial charge in [0.25, 0.3) is 0 Å². The van der Waals surface area contributed by atoms with Gasteiger partial charge in [-0.25, -0.2) is 4.79 Å². The van der Waals surface area contributed by atoms with Gasteiger partial charge < -0.3 is 9.84 Å². The zero-order valence-corrected chi connectivity index (χ0v) is 9.33. The zero-order chi connectivity index (χ0) is 11.3. The molecule has 0 aliphatic rings. The highest BCUT2D eigenvalue weighted by Crippen LogP contribution is 2.21. The standard InChI is InChI=1S/C10H10Cl2O3/c11-4-5-15-9(10(13)14)7-2-1-3-8(12)6-7/h1-3,6,9H,4-5H2,(H,13,14). The Morgan fingerprint density at radius 1 is 1.53 bits per heavy atom. The summed E-state index contributed by atoms with van der Waals surface area (Å²) in [6, 6.07) is 6.57. The van der Waals surface area contributed by atoms with E-state index in [-0.39, 0.29) is 12.5 Å². The van der Waals surface area contributed by atoms with Crippen LogP contribution >= 0.6 is 23.2 Å². The summed E-state index contributed by atoms with van der Waals surface area (Å²) in [6.45, 7) is 0.186. The number of carboxylic acids is 1. The molecule has 0 radical (unpaired) electrons. The first kappa shape index (κ1) is 12.3. The first-order valence-electron chi connectivity index (χ1n) is 4.31. The van der Waals surface area contributed by atoms with Gasteiger partial charge in [-0.15, -0.1) is 11.6 Å². The summed E-state index contributed by atoms with van der Waals surface area (Å²) in [4.78, 5) is 10.9. The lowest BCUT2D eigenvalue weighted by molar-refractivity contribution is -0.150. The number of carbonyl (C=O) groups is 1. The molecule has 0 aliphatic carbocycles. The van der Waals surface area contributed by atoms with Crippen molar-refractivity contribution in [1.82, 2.24) is 0 Å². The van der Waals surface area contributed by atoms with Crippen LogP contribution in [-0.2, 0) is 9.53 Å². The number of halogens is 2. The second-order valence-corrected chi connectivity index (χ2v) is 3.65. The Morgan fingerprint density at radius 3 is 2.80 bits per heavy atom. The van der Waals surface area contributed by atoms with Crippen molar-refractivity contribution in [1.29, 1.82) is 0 Å². The molecule has 0 spiro atoms. The van der Waals surface area contributed by atoms with E-state index in [1.54, 1.807) is 24.3 Å². The Morgan fingerprint density at radius 2 is 2.27 bits per heavy atom. The average molecular weight is 249 g/mol. The third-order valence-corrected chi connectivity index (χ3v) is 2.13. The molecule has 0 aliphatic heterocycles. The van der Waals surface area contributed by atoms with Crippen LogP contribution in [0.25, 0.3) is 0 Å². The first-order chi connectivity index (χ1) is 7.15. The molecule has 0 saturated carbocycles. The molecule has 1 N–H and O–H groups in total. The smallest absolute Gasteiger partial charge is 0.337 e. The van der Waals surface area contributed by atoms with Gasteiger partial charge in [-0.05, 0) is 17.7 Å². The van der Waals surface area contributed by atoms with Crippen LogP contribution < -0.4 is 0 Å². The molecule has 1 atom stereocenters. The van der Waals surface area contributed by atoms with E-state index in [0.29, 0.717) is 10.6 Å². The normalized spacial score (nSPS) is 12.4. The van der Waals surface area contributed by atoms with Crippen LogP contribution in [0, 0.1) is 0 Å². The van der Waals surface area contributed by atoms with Crippen LogP contribution in [-0.4, -0.2) is 23.6 Å². The van der Waals surface area contributed by atoms with Crippen molar-refractivity contribution in [2.45, 2.75) is 6.10 Å². The van der Waals surface area contributed by atoms with Gasteiger partial charge in [0.15, 0.2) is 6.10 Å². The molecule has 1 aromatic rings. The maximum absolute atomic E-state index is 10.9. The lowest BCUT2D eigenvalue weighted by Gasteiger charge is -2.13. The van der Waals surface area contributed by atoms with Crippen LogP contribution in [0.3, 0.4) is 0 Å². The van der Waals surface area contributed by atoms with Gasteiger partial charge in [0.2, 0.25) is 0 Å². The average Bonchev–Trinajstić information content (AvgIpc) is 2.18. The molecule has 0 saturated heterocycles. The largest absolute Gasteiger partial charge is 0.479 e. The Balaban J connectivity index is 2.84. The van der Waals surface area contributed by atoms with Gasteiger partial charge in [-0.1, -0.05) is 23.7 Å². The fourth-order valence-corrected chi connectivity index (χ4v) is 1.43. The summed E-state index contributed by atoms with van der Waals surface area (Å²) in [5.41, 5.74) is 0.514. The van der Waals surface area contributed by atoms with Crippen molar-refractivity contribution in [2.24, 2.45) is 0 Å². The molecule has 1 unspecified atom stereocenters. The van der Waals surface area contributed by atoms with E-state index in [4.69, 9.17) is 33.0 Å². The third kappa shape index (κ3) is 3.70. The molecule has 5 heteroatoms. The zero-order valence-electron chi connectivity index (χ0n) is 7.82. The fraction of sp³-hybridized carbons (Fsp3) is 0.300. The predicted octanol–water partition coefficient (Wildman–Crippen LogP) is 2.72. The molecule has 0 fully saturated rings. The van der Waals surface area contributed by atoms with E-state index >= 15 is 0 Å². The van der Waals surface area contributed by atoms with E-state index in [1.807, 2.05) is 0 Å². The van der Waals surface area contributed by atoms with Crippen LogP contribution in [0.15, 0.2) is 24.3 Å². The Labute approximate surface area is 97.6 Å². The van der Waals surface area contributed by atoms with Crippen LogP contribution in [0.4, 0.5) is 0 Å². The van der Waals surface area contributed by atoms with Crippen molar-refractivity contribution < 1.29 is 14.6 Å². The summed E-state index contributed by atoms with van der Waals surface area (Å²) in [6.07, 6.45) is -1.01. The number of carboxylic acid groups (broad SMARTS) is 1. The SMILES string of the molecule is O=C(O)C(OCCCl)c1cccc(Cl)c1. The number of hydrogen-bond acceptors (Lipinski definition) is 2. The second kappa shape index (κ2) is 5.95. The highest BCUT2D eigenvalue weighted by Gasteiger charge is 2.20. The second-order valence-electron chi connectivity index (χ2n) is 2.83. The van der Waals surface area contributed by atoms with E-state index in [9.17, 15) is 4.79 Å². The van der Waals surface area contributed by atoms with E-state index in [1.165, 1.54) is 0 Å². The summed E-state index contributed by atoms with van der Waals surface area (Å²) in [5.74, 6) is -0.799. The lowest BCUT2D eigenvalue weighted by atomic mass is 10.1. The number of benzene rings is 1. The number of hydrogen-bond donors (Lipinski definition) is 1. The number of alkyl halides is 1. The Bertz CT molecular complexity index is 341. The fourth-order valence-electron chi connectivity index (χ4n) is 1.14. The van der Waals surface area contributed by atoms with Crippen LogP contribution in [0.2, 0.25) is 5.02 Å². The summed E-state index contributed by atoms with van der Waals surface area (Å²) in [7, 11) is 0. The first-order valence-corrected chi connectivity index (χ1v) is 5.22. The summed E-state index contributed by atoms with van der Waals surface area (Å²) < 4.78 is 5.10. The molecule has 0 aromatic heterocycles. The number of rotatable bonds is 5. The van der Waals surface area contributed by atoms with Crippen molar-refractivity contribution in [2.75, 3.05) is 12.5 Å². The topological polar surface area (TPSA) is 46.5 Å².